The number of carboxylic acid groups (broad SMARTS) is 1. The first-order valence-corrected chi connectivity index (χ1v) is 10.5. The van der Waals surface area contributed by atoms with Gasteiger partial charge in [-0.2, -0.15) is 0 Å². The molecule has 31 heavy (non-hydrogen) atoms. The highest BCUT2D eigenvalue weighted by Crippen LogP contribution is 2.29. The highest BCUT2D eigenvalue weighted by molar-refractivity contribution is 6.32. The molecule has 3 aromatic carbocycles. The quantitative estimate of drug-likeness (QED) is 0.422. The van der Waals surface area contributed by atoms with Crippen molar-refractivity contribution in [3.8, 4) is 16.9 Å². The largest absolute Gasteiger partial charge is 0.487 e. The molecule has 0 saturated heterocycles. The van der Waals surface area contributed by atoms with Gasteiger partial charge < -0.3 is 20.3 Å². The maximum absolute atomic E-state index is 10.6. The number of carboxylic acids is 1. The monoisotopic (exact) mass is 439 g/mol. The van der Waals surface area contributed by atoms with Crippen molar-refractivity contribution >= 4 is 17.6 Å². The molecule has 0 heterocycles. The Labute approximate surface area is 187 Å². The number of aliphatic hydroxyl groups excluding tert-OH is 1. The van der Waals surface area contributed by atoms with Crippen LogP contribution in [0.4, 0.5) is 0 Å². The van der Waals surface area contributed by atoms with Gasteiger partial charge >= 0.3 is 5.97 Å². The summed E-state index contributed by atoms with van der Waals surface area (Å²) in [5.74, 6) is -0.427. The van der Waals surface area contributed by atoms with Gasteiger partial charge in [-0.05, 0) is 46.9 Å². The van der Waals surface area contributed by atoms with Gasteiger partial charge in [-0.15, -0.1) is 0 Å². The number of hydrogen-bond acceptors (Lipinski definition) is 4. The van der Waals surface area contributed by atoms with E-state index in [0.29, 0.717) is 23.9 Å². The van der Waals surface area contributed by atoms with E-state index in [4.69, 9.17) is 21.4 Å². The van der Waals surface area contributed by atoms with Gasteiger partial charge in [0, 0.05) is 13.1 Å². The summed E-state index contributed by atoms with van der Waals surface area (Å²) in [6.07, 6.45) is -1.21. The molecule has 0 aliphatic rings. The van der Waals surface area contributed by atoms with Gasteiger partial charge in [-0.25, -0.2) is 0 Å². The Kier molecular flexibility index (Phi) is 8.06. The third-order valence-electron chi connectivity index (χ3n) is 5.03. The molecule has 3 aromatic rings. The summed E-state index contributed by atoms with van der Waals surface area (Å²) in [6, 6.07) is 22.0. The van der Waals surface area contributed by atoms with Gasteiger partial charge in [0.2, 0.25) is 0 Å². The fourth-order valence-electron chi connectivity index (χ4n) is 3.35. The summed E-state index contributed by atoms with van der Waals surface area (Å²) in [6.45, 7) is 3.16. The Balaban J connectivity index is 1.59. The average molecular weight is 440 g/mol. The van der Waals surface area contributed by atoms with Crippen LogP contribution in [-0.2, 0) is 17.9 Å². The first-order valence-electron chi connectivity index (χ1n) is 10.1. The van der Waals surface area contributed by atoms with Crippen LogP contribution >= 0.6 is 11.6 Å². The molecular formula is C25H26ClNO4. The number of benzene rings is 3. The molecule has 3 rings (SSSR count). The second-order valence-electron chi connectivity index (χ2n) is 7.39. The number of halogens is 1. The van der Waals surface area contributed by atoms with Gasteiger partial charge in [0.05, 0.1) is 17.5 Å². The summed E-state index contributed by atoms with van der Waals surface area (Å²) in [4.78, 5) is 10.6. The van der Waals surface area contributed by atoms with Crippen LogP contribution in [0.25, 0.3) is 11.1 Å². The third kappa shape index (κ3) is 6.56. The number of aliphatic carboxylic acids is 1. The van der Waals surface area contributed by atoms with Crippen molar-refractivity contribution in [1.82, 2.24) is 5.32 Å². The highest BCUT2D eigenvalue weighted by Gasteiger charge is 2.10. The predicted molar refractivity (Wildman–Crippen MR) is 122 cm³/mol. The Bertz CT molecular complexity index is 1020. The van der Waals surface area contributed by atoms with Crippen LogP contribution in [0, 0.1) is 6.92 Å². The van der Waals surface area contributed by atoms with E-state index in [2.05, 4.69) is 36.5 Å². The molecule has 0 aliphatic heterocycles. The lowest BCUT2D eigenvalue weighted by Gasteiger charge is -2.14. The number of nitrogens with one attached hydrogen (secondary N) is 1. The number of aliphatic hydroxyl groups is 1. The minimum absolute atomic E-state index is 0.194. The number of rotatable bonds is 10. The molecule has 0 saturated carbocycles. The Morgan fingerprint density at radius 1 is 1.10 bits per heavy atom. The molecule has 0 radical (unpaired) electrons. The average Bonchev–Trinajstić information content (AvgIpc) is 2.74. The van der Waals surface area contributed by atoms with Crippen molar-refractivity contribution in [2.45, 2.75) is 32.6 Å². The second kappa shape index (κ2) is 11.0. The van der Waals surface area contributed by atoms with Crippen LogP contribution < -0.4 is 10.1 Å². The molecular weight excluding hydrogens is 414 g/mol. The number of carbonyl (C=O) groups is 1. The molecule has 0 bridgehead atoms. The van der Waals surface area contributed by atoms with Crippen molar-refractivity contribution in [3.63, 3.8) is 0 Å². The molecule has 0 amide bonds. The predicted octanol–water partition coefficient (Wildman–Crippen LogP) is 4.82. The fraction of sp³-hybridized carbons (Fsp3) is 0.240. The van der Waals surface area contributed by atoms with Gasteiger partial charge in [-0.1, -0.05) is 66.2 Å². The van der Waals surface area contributed by atoms with Gasteiger partial charge in [0.15, 0.2) is 0 Å². The van der Waals surface area contributed by atoms with Crippen molar-refractivity contribution in [3.05, 3.63) is 88.4 Å². The summed E-state index contributed by atoms with van der Waals surface area (Å²) >= 11 is 6.39. The van der Waals surface area contributed by atoms with Crippen LogP contribution in [0.3, 0.4) is 0 Å². The van der Waals surface area contributed by atoms with Crippen molar-refractivity contribution in [1.29, 1.82) is 0 Å². The maximum Gasteiger partial charge on any atom is 0.306 e. The van der Waals surface area contributed by atoms with Gasteiger partial charge in [0.25, 0.3) is 0 Å². The number of hydrogen-bond donors (Lipinski definition) is 3. The van der Waals surface area contributed by atoms with Crippen LogP contribution in [-0.4, -0.2) is 28.8 Å². The van der Waals surface area contributed by atoms with Crippen molar-refractivity contribution in [2.24, 2.45) is 0 Å². The van der Waals surface area contributed by atoms with E-state index < -0.39 is 12.1 Å². The Morgan fingerprint density at radius 3 is 2.58 bits per heavy atom. The fourth-order valence-corrected chi connectivity index (χ4v) is 3.61. The lowest BCUT2D eigenvalue weighted by molar-refractivity contribution is -0.139. The number of ether oxygens (including phenoxy) is 1. The highest BCUT2D eigenvalue weighted by atomic mass is 35.5. The lowest BCUT2D eigenvalue weighted by Crippen LogP contribution is -2.28. The van der Waals surface area contributed by atoms with Gasteiger partial charge in [0.1, 0.15) is 12.4 Å². The SMILES string of the molecule is Cc1c(COc2ccc(CNC[C@@H](O)CC(=O)O)cc2Cl)cccc1-c1ccccc1. The van der Waals surface area contributed by atoms with E-state index in [1.165, 1.54) is 16.7 Å². The molecule has 0 spiro atoms. The zero-order chi connectivity index (χ0) is 22.2. The molecule has 1 atom stereocenters. The molecule has 162 valence electrons. The summed E-state index contributed by atoms with van der Waals surface area (Å²) in [5, 5.41) is 21.8. The van der Waals surface area contributed by atoms with Crippen LogP contribution in [0.5, 0.6) is 5.75 Å². The summed E-state index contributed by atoms with van der Waals surface area (Å²) in [7, 11) is 0. The third-order valence-corrected chi connectivity index (χ3v) is 5.32. The van der Waals surface area contributed by atoms with Crippen LogP contribution in [0.15, 0.2) is 66.7 Å². The zero-order valence-electron chi connectivity index (χ0n) is 17.3. The molecule has 5 nitrogen and oxygen atoms in total. The molecule has 6 heteroatoms. The van der Waals surface area contributed by atoms with Crippen molar-refractivity contribution < 1.29 is 19.7 Å². The molecule has 0 aliphatic carbocycles. The molecule has 0 aromatic heterocycles. The van der Waals surface area contributed by atoms with E-state index >= 15 is 0 Å². The van der Waals surface area contributed by atoms with E-state index in [9.17, 15) is 9.90 Å². The lowest BCUT2D eigenvalue weighted by atomic mass is 9.97. The van der Waals surface area contributed by atoms with E-state index in [1.807, 2.05) is 36.4 Å². The molecule has 3 N–H and O–H groups in total. The van der Waals surface area contributed by atoms with Crippen LogP contribution in [0.1, 0.15) is 23.1 Å². The Morgan fingerprint density at radius 2 is 1.87 bits per heavy atom. The van der Waals surface area contributed by atoms with E-state index in [-0.39, 0.29) is 13.0 Å². The maximum atomic E-state index is 10.6. The summed E-state index contributed by atoms with van der Waals surface area (Å²) in [5.41, 5.74) is 5.53. The van der Waals surface area contributed by atoms with Gasteiger partial charge in [-0.3, -0.25) is 4.79 Å². The smallest absolute Gasteiger partial charge is 0.306 e. The first-order chi connectivity index (χ1) is 14.9. The van der Waals surface area contributed by atoms with E-state index in [1.54, 1.807) is 6.07 Å². The zero-order valence-corrected chi connectivity index (χ0v) is 18.1. The first kappa shape index (κ1) is 22.8. The second-order valence-corrected chi connectivity index (χ2v) is 7.80. The summed E-state index contributed by atoms with van der Waals surface area (Å²) < 4.78 is 5.98. The standard InChI is InChI=1S/C25H26ClNO4/c1-17-20(8-5-9-22(17)19-6-3-2-4-7-19)16-31-24-11-10-18(12-23(24)26)14-27-15-21(28)13-25(29)30/h2-12,21,27-28H,13-16H2,1H3,(H,29,30)/t21-/m0/s1. The molecule has 0 fully saturated rings. The normalized spacial score (nSPS) is 11.8. The van der Waals surface area contributed by atoms with Crippen molar-refractivity contribution in [2.75, 3.05) is 6.54 Å². The minimum Gasteiger partial charge on any atom is -0.487 e. The molecule has 0 unspecified atom stereocenters. The Hall–Kier alpha value is -2.86. The minimum atomic E-state index is -1.02. The van der Waals surface area contributed by atoms with E-state index in [0.717, 1.165) is 11.1 Å². The van der Waals surface area contributed by atoms with Crippen LogP contribution in [0.2, 0.25) is 5.02 Å². The topological polar surface area (TPSA) is 78.8 Å².